The van der Waals surface area contributed by atoms with Crippen LogP contribution in [-0.2, 0) is 16.6 Å². The molecule has 0 spiro atoms. The molecule has 4 rings (SSSR count). The Morgan fingerprint density at radius 3 is 2.63 bits per heavy atom. The van der Waals surface area contributed by atoms with E-state index in [0.29, 0.717) is 25.2 Å². The third kappa shape index (κ3) is 4.48. The SMILES string of the molecule is Cc1ccc(OC2CCCN(C(=O)C(=O)Nc3ccc4c(ccn4C)c3)CC2)cc1. The lowest BCUT2D eigenvalue weighted by molar-refractivity contribution is -0.143. The average molecular weight is 405 g/mol. The maximum absolute atomic E-state index is 12.7. The number of amides is 2. The number of aryl methyl sites for hydroxylation is 2. The van der Waals surface area contributed by atoms with Crippen LogP contribution in [0.4, 0.5) is 5.69 Å². The zero-order valence-electron chi connectivity index (χ0n) is 17.4. The molecule has 2 amide bonds. The van der Waals surface area contributed by atoms with Crippen molar-refractivity contribution in [2.24, 2.45) is 7.05 Å². The van der Waals surface area contributed by atoms with Crippen molar-refractivity contribution >= 4 is 28.4 Å². The summed E-state index contributed by atoms with van der Waals surface area (Å²) in [5.74, 6) is -0.234. The summed E-state index contributed by atoms with van der Waals surface area (Å²) in [6.07, 6.45) is 4.40. The second kappa shape index (κ2) is 8.61. The maximum atomic E-state index is 12.7. The number of nitrogens with one attached hydrogen (secondary N) is 1. The number of ether oxygens (including phenoxy) is 1. The number of carbonyl (C=O) groups excluding carboxylic acids is 2. The number of benzene rings is 2. The summed E-state index contributed by atoms with van der Waals surface area (Å²) in [5.41, 5.74) is 2.89. The fourth-order valence-corrected chi connectivity index (χ4v) is 3.88. The summed E-state index contributed by atoms with van der Waals surface area (Å²) in [4.78, 5) is 26.9. The first-order chi connectivity index (χ1) is 14.5. The maximum Gasteiger partial charge on any atom is 0.313 e. The number of hydrogen-bond donors (Lipinski definition) is 1. The molecule has 1 fully saturated rings. The molecule has 1 atom stereocenters. The Hall–Kier alpha value is -3.28. The van der Waals surface area contributed by atoms with E-state index in [0.717, 1.165) is 29.5 Å². The van der Waals surface area contributed by atoms with Gasteiger partial charge in [0, 0.05) is 49.3 Å². The minimum Gasteiger partial charge on any atom is -0.490 e. The van der Waals surface area contributed by atoms with E-state index in [-0.39, 0.29) is 6.10 Å². The number of anilines is 1. The van der Waals surface area contributed by atoms with Crippen molar-refractivity contribution in [3.8, 4) is 5.75 Å². The first kappa shape index (κ1) is 20.0. The molecule has 156 valence electrons. The predicted octanol–water partition coefficient (Wildman–Crippen LogP) is 3.89. The second-order valence-corrected chi connectivity index (χ2v) is 7.93. The van der Waals surface area contributed by atoms with Crippen LogP contribution in [0.15, 0.2) is 54.7 Å². The van der Waals surface area contributed by atoms with E-state index in [4.69, 9.17) is 4.74 Å². The Balaban J connectivity index is 1.34. The van der Waals surface area contributed by atoms with E-state index in [2.05, 4.69) is 5.32 Å². The smallest absolute Gasteiger partial charge is 0.313 e. The minimum absolute atomic E-state index is 0.0501. The molecule has 1 aliphatic heterocycles. The van der Waals surface area contributed by atoms with Gasteiger partial charge in [-0.05, 0) is 56.2 Å². The van der Waals surface area contributed by atoms with Crippen molar-refractivity contribution in [3.05, 3.63) is 60.3 Å². The van der Waals surface area contributed by atoms with E-state index in [1.54, 1.807) is 4.90 Å². The second-order valence-electron chi connectivity index (χ2n) is 7.93. The topological polar surface area (TPSA) is 63.6 Å². The number of fused-ring (bicyclic) bond motifs is 1. The number of nitrogens with zero attached hydrogens (tertiary/aromatic N) is 2. The summed E-state index contributed by atoms with van der Waals surface area (Å²) < 4.78 is 8.09. The summed E-state index contributed by atoms with van der Waals surface area (Å²) in [6, 6.07) is 15.6. The molecule has 0 aliphatic carbocycles. The molecule has 1 N–H and O–H groups in total. The van der Waals surface area contributed by atoms with Gasteiger partial charge in [-0.25, -0.2) is 0 Å². The van der Waals surface area contributed by atoms with Crippen LogP contribution in [0.3, 0.4) is 0 Å². The van der Waals surface area contributed by atoms with E-state index >= 15 is 0 Å². The van der Waals surface area contributed by atoms with E-state index < -0.39 is 11.8 Å². The molecule has 1 aliphatic rings. The standard InChI is InChI=1S/C24H27N3O3/c1-17-5-8-21(9-6-17)30-20-4-3-13-27(15-12-20)24(29)23(28)25-19-7-10-22-18(16-19)11-14-26(22)2/h5-11,14,16,20H,3-4,12-13,15H2,1-2H3,(H,25,28). The largest absolute Gasteiger partial charge is 0.490 e. The highest BCUT2D eigenvalue weighted by molar-refractivity contribution is 6.39. The van der Waals surface area contributed by atoms with Crippen LogP contribution in [0, 0.1) is 6.92 Å². The van der Waals surface area contributed by atoms with Crippen LogP contribution in [0.5, 0.6) is 5.75 Å². The quantitative estimate of drug-likeness (QED) is 0.673. The summed E-state index contributed by atoms with van der Waals surface area (Å²) in [5, 5.41) is 3.77. The zero-order chi connectivity index (χ0) is 21.1. The van der Waals surface area contributed by atoms with Gasteiger partial charge in [0.05, 0.1) is 0 Å². The molecule has 2 aromatic carbocycles. The van der Waals surface area contributed by atoms with Crippen LogP contribution in [0.2, 0.25) is 0 Å². The highest BCUT2D eigenvalue weighted by Crippen LogP contribution is 2.21. The highest BCUT2D eigenvalue weighted by Gasteiger charge is 2.26. The molecule has 30 heavy (non-hydrogen) atoms. The van der Waals surface area contributed by atoms with Gasteiger partial charge in [-0.2, -0.15) is 0 Å². The van der Waals surface area contributed by atoms with Crippen LogP contribution >= 0.6 is 0 Å². The van der Waals surface area contributed by atoms with Gasteiger partial charge in [0.2, 0.25) is 0 Å². The Bertz CT molecular complexity index is 1060. The number of carbonyl (C=O) groups is 2. The lowest BCUT2D eigenvalue weighted by Crippen LogP contribution is -2.40. The van der Waals surface area contributed by atoms with Gasteiger partial charge >= 0.3 is 11.8 Å². The monoisotopic (exact) mass is 405 g/mol. The number of rotatable bonds is 3. The van der Waals surface area contributed by atoms with E-state index in [1.165, 1.54) is 5.56 Å². The Labute approximate surface area is 176 Å². The molecule has 1 aromatic heterocycles. The molecule has 0 radical (unpaired) electrons. The van der Waals surface area contributed by atoms with Gasteiger partial charge in [0.1, 0.15) is 11.9 Å². The zero-order valence-corrected chi connectivity index (χ0v) is 17.4. The third-order valence-electron chi connectivity index (χ3n) is 5.62. The fraction of sp³-hybridized carbons (Fsp3) is 0.333. The average Bonchev–Trinajstić information content (AvgIpc) is 2.95. The first-order valence-electron chi connectivity index (χ1n) is 10.4. The van der Waals surface area contributed by atoms with Gasteiger partial charge in [-0.15, -0.1) is 0 Å². The molecule has 1 unspecified atom stereocenters. The highest BCUT2D eigenvalue weighted by atomic mass is 16.5. The Morgan fingerprint density at radius 2 is 1.83 bits per heavy atom. The summed E-state index contributed by atoms with van der Waals surface area (Å²) in [7, 11) is 1.97. The molecule has 1 saturated heterocycles. The third-order valence-corrected chi connectivity index (χ3v) is 5.62. The lowest BCUT2D eigenvalue weighted by atomic mass is 10.1. The number of likely N-dealkylation sites (tertiary alicyclic amines) is 1. The van der Waals surface area contributed by atoms with E-state index in [9.17, 15) is 9.59 Å². The summed E-state index contributed by atoms with van der Waals surface area (Å²) >= 11 is 0. The van der Waals surface area contributed by atoms with E-state index in [1.807, 2.05) is 73.3 Å². The molecule has 2 heterocycles. The molecule has 0 saturated carbocycles. The van der Waals surface area contributed by atoms with Crippen molar-refractivity contribution in [1.29, 1.82) is 0 Å². The van der Waals surface area contributed by atoms with Crippen molar-refractivity contribution in [3.63, 3.8) is 0 Å². The number of hydrogen-bond acceptors (Lipinski definition) is 3. The molecule has 6 nitrogen and oxygen atoms in total. The number of aromatic nitrogens is 1. The molecule has 0 bridgehead atoms. The molecule has 6 heteroatoms. The van der Waals surface area contributed by atoms with Gasteiger partial charge in [-0.1, -0.05) is 17.7 Å². The fourth-order valence-electron chi connectivity index (χ4n) is 3.88. The van der Waals surface area contributed by atoms with Gasteiger partial charge in [0.25, 0.3) is 0 Å². The van der Waals surface area contributed by atoms with Crippen molar-refractivity contribution in [1.82, 2.24) is 9.47 Å². The van der Waals surface area contributed by atoms with Crippen molar-refractivity contribution < 1.29 is 14.3 Å². The molecule has 3 aromatic rings. The Kier molecular flexibility index (Phi) is 5.74. The summed E-state index contributed by atoms with van der Waals surface area (Å²) in [6.45, 7) is 3.13. The van der Waals surface area contributed by atoms with Crippen molar-refractivity contribution in [2.45, 2.75) is 32.3 Å². The first-order valence-corrected chi connectivity index (χ1v) is 10.4. The van der Waals surface area contributed by atoms with Crippen LogP contribution in [0.25, 0.3) is 10.9 Å². The normalized spacial score (nSPS) is 16.9. The van der Waals surface area contributed by atoms with Crippen LogP contribution in [0.1, 0.15) is 24.8 Å². The molecular formula is C24H27N3O3. The lowest BCUT2D eigenvalue weighted by Gasteiger charge is -2.20. The minimum atomic E-state index is -0.594. The molecular weight excluding hydrogens is 378 g/mol. The predicted molar refractivity (Wildman–Crippen MR) is 118 cm³/mol. The van der Waals surface area contributed by atoms with Crippen LogP contribution < -0.4 is 10.1 Å². The van der Waals surface area contributed by atoms with Crippen molar-refractivity contribution in [2.75, 3.05) is 18.4 Å². The van der Waals surface area contributed by atoms with Gasteiger partial charge in [0.15, 0.2) is 0 Å². The van der Waals surface area contributed by atoms with Gasteiger partial charge < -0.3 is 19.5 Å². The Morgan fingerprint density at radius 1 is 1.03 bits per heavy atom. The van der Waals surface area contributed by atoms with Gasteiger partial charge in [-0.3, -0.25) is 9.59 Å². The van der Waals surface area contributed by atoms with Crippen LogP contribution in [-0.4, -0.2) is 40.5 Å².